The van der Waals surface area contributed by atoms with Gasteiger partial charge in [0.05, 0.1) is 5.52 Å². The van der Waals surface area contributed by atoms with Crippen LogP contribution in [0.25, 0.3) is 32.1 Å². The summed E-state index contributed by atoms with van der Waals surface area (Å²) >= 11 is 1.45. The van der Waals surface area contributed by atoms with Crippen molar-refractivity contribution in [3.63, 3.8) is 0 Å². The zero-order chi connectivity index (χ0) is 17.6. The van der Waals surface area contributed by atoms with Crippen molar-refractivity contribution in [3.05, 3.63) is 63.3 Å². The largest absolute Gasteiger partial charge is 0.398 e. The summed E-state index contributed by atoms with van der Waals surface area (Å²) in [4.78, 5) is 15.4. The van der Waals surface area contributed by atoms with Gasteiger partial charge in [0.2, 0.25) is 0 Å². The van der Waals surface area contributed by atoms with E-state index in [1.165, 1.54) is 16.9 Å². The van der Waals surface area contributed by atoms with Gasteiger partial charge in [-0.05, 0) is 54.1 Å². The first-order chi connectivity index (χ1) is 12.1. The van der Waals surface area contributed by atoms with Gasteiger partial charge in [-0.1, -0.05) is 24.3 Å². The summed E-state index contributed by atoms with van der Waals surface area (Å²) in [6, 6.07) is 12.3. The van der Waals surface area contributed by atoms with E-state index in [1.807, 2.05) is 24.4 Å². The number of anilines is 1. The summed E-state index contributed by atoms with van der Waals surface area (Å²) in [6.45, 7) is 2.60. The van der Waals surface area contributed by atoms with Crippen molar-refractivity contribution >= 4 is 38.0 Å². The minimum absolute atomic E-state index is 0.0467. The molecule has 0 saturated heterocycles. The molecule has 4 aromatic rings. The molecule has 25 heavy (non-hydrogen) atoms. The monoisotopic (exact) mass is 349 g/mol. The van der Waals surface area contributed by atoms with Crippen molar-refractivity contribution in [1.82, 2.24) is 4.98 Å². The number of nitrogens with two attached hydrogens (primary N) is 2. The second-order valence-corrected chi connectivity index (χ2v) is 7.18. The van der Waals surface area contributed by atoms with Crippen molar-refractivity contribution < 1.29 is 0 Å². The number of aromatic amines is 1. The predicted octanol–water partition coefficient (Wildman–Crippen LogP) is 3.80. The summed E-state index contributed by atoms with van der Waals surface area (Å²) in [6.07, 6.45) is 0.854. The van der Waals surface area contributed by atoms with Crippen molar-refractivity contribution in [2.75, 3.05) is 12.3 Å². The van der Waals surface area contributed by atoms with Gasteiger partial charge < -0.3 is 16.5 Å². The Morgan fingerprint density at radius 3 is 2.64 bits per heavy atom. The van der Waals surface area contributed by atoms with Crippen molar-refractivity contribution in [2.45, 2.75) is 13.3 Å². The molecule has 2 aromatic carbocycles. The quantitative estimate of drug-likeness (QED) is 0.492. The highest BCUT2D eigenvalue weighted by atomic mass is 32.1. The van der Waals surface area contributed by atoms with E-state index in [9.17, 15) is 4.79 Å². The van der Waals surface area contributed by atoms with Crippen LogP contribution in [0, 0.1) is 6.92 Å². The predicted molar refractivity (Wildman–Crippen MR) is 107 cm³/mol. The number of hydrogen-bond acceptors (Lipinski definition) is 4. The van der Waals surface area contributed by atoms with Gasteiger partial charge in [-0.2, -0.15) is 0 Å². The molecule has 0 atom stereocenters. The summed E-state index contributed by atoms with van der Waals surface area (Å²) < 4.78 is 0.735. The second kappa shape index (κ2) is 6.02. The molecule has 0 amide bonds. The van der Waals surface area contributed by atoms with E-state index in [0.717, 1.165) is 49.8 Å². The Morgan fingerprint density at radius 1 is 1.16 bits per heavy atom. The van der Waals surface area contributed by atoms with Gasteiger partial charge >= 0.3 is 0 Å². The standard InChI is InChI=1S/C20H19N3OS/c1-11-10-15(22)16(13-4-2-12(3-5-13)6-8-21)17-14-7-9-25-19(14)20(24)23-18(11)17/h2-5,7,9-10H,6,8,21-22H2,1H3,(H,23,24). The number of fused-ring (bicyclic) bond motifs is 3. The van der Waals surface area contributed by atoms with Crippen LogP contribution in [0.4, 0.5) is 5.69 Å². The van der Waals surface area contributed by atoms with E-state index in [2.05, 4.69) is 29.2 Å². The summed E-state index contributed by atoms with van der Waals surface area (Å²) in [5.74, 6) is 0. The molecule has 0 fully saturated rings. The van der Waals surface area contributed by atoms with Crippen molar-refractivity contribution in [2.24, 2.45) is 5.73 Å². The fourth-order valence-corrected chi connectivity index (χ4v) is 4.24. The lowest BCUT2D eigenvalue weighted by atomic mass is 9.93. The Balaban J connectivity index is 2.09. The van der Waals surface area contributed by atoms with Crippen molar-refractivity contribution in [1.29, 1.82) is 0 Å². The molecule has 5 heteroatoms. The Labute approximate surface area is 149 Å². The van der Waals surface area contributed by atoms with E-state index in [-0.39, 0.29) is 5.56 Å². The van der Waals surface area contributed by atoms with Crippen LogP contribution in [0.3, 0.4) is 0 Å². The second-order valence-electron chi connectivity index (χ2n) is 6.26. The molecule has 0 unspecified atom stereocenters. The SMILES string of the molecule is Cc1cc(N)c(-c2ccc(CCN)cc2)c2c1[nH]c(=O)c1sccc12. The summed E-state index contributed by atoms with van der Waals surface area (Å²) in [5.41, 5.74) is 17.8. The maximum atomic E-state index is 12.4. The zero-order valence-electron chi connectivity index (χ0n) is 13.9. The number of nitrogen functional groups attached to an aromatic ring is 1. The van der Waals surface area contributed by atoms with E-state index >= 15 is 0 Å². The van der Waals surface area contributed by atoms with Crippen LogP contribution in [0.1, 0.15) is 11.1 Å². The number of rotatable bonds is 3. The first-order valence-corrected chi connectivity index (χ1v) is 9.09. The third kappa shape index (κ3) is 2.52. The molecular weight excluding hydrogens is 330 g/mol. The van der Waals surface area contributed by atoms with Gasteiger partial charge in [0.1, 0.15) is 4.70 Å². The van der Waals surface area contributed by atoms with E-state index in [0.29, 0.717) is 6.54 Å². The van der Waals surface area contributed by atoms with Gasteiger partial charge in [0.25, 0.3) is 5.56 Å². The Hall–Kier alpha value is -2.63. The van der Waals surface area contributed by atoms with Crippen LogP contribution in [-0.2, 0) is 6.42 Å². The minimum Gasteiger partial charge on any atom is -0.398 e. The number of hydrogen-bond donors (Lipinski definition) is 3. The third-order valence-corrected chi connectivity index (χ3v) is 5.52. The first kappa shape index (κ1) is 15.9. The molecule has 0 radical (unpaired) electrons. The molecule has 2 aromatic heterocycles. The molecule has 4 nitrogen and oxygen atoms in total. The fourth-order valence-electron chi connectivity index (χ4n) is 3.44. The number of aryl methyl sites for hydroxylation is 1. The summed E-state index contributed by atoms with van der Waals surface area (Å²) in [7, 11) is 0. The van der Waals surface area contributed by atoms with E-state index in [4.69, 9.17) is 11.5 Å². The van der Waals surface area contributed by atoms with Gasteiger partial charge in [-0.15, -0.1) is 11.3 Å². The molecule has 5 N–H and O–H groups in total. The van der Waals surface area contributed by atoms with E-state index in [1.54, 1.807) is 0 Å². The highest BCUT2D eigenvalue weighted by Crippen LogP contribution is 2.39. The normalized spacial score (nSPS) is 11.4. The molecule has 126 valence electrons. The fraction of sp³-hybridized carbons (Fsp3) is 0.150. The minimum atomic E-state index is -0.0467. The zero-order valence-corrected chi connectivity index (χ0v) is 14.7. The molecule has 0 bridgehead atoms. The average Bonchev–Trinajstić information content (AvgIpc) is 3.08. The molecule has 0 aliphatic heterocycles. The number of benzene rings is 2. The Kier molecular flexibility index (Phi) is 3.82. The van der Waals surface area contributed by atoms with Gasteiger partial charge in [0.15, 0.2) is 0 Å². The number of thiophene rings is 1. The Bertz CT molecular complexity index is 1140. The molecule has 0 aliphatic carbocycles. The number of nitrogens with one attached hydrogen (secondary N) is 1. The first-order valence-electron chi connectivity index (χ1n) is 8.22. The van der Waals surface area contributed by atoms with E-state index < -0.39 is 0 Å². The maximum Gasteiger partial charge on any atom is 0.266 e. The molecule has 0 saturated carbocycles. The highest BCUT2D eigenvalue weighted by molar-refractivity contribution is 7.17. The summed E-state index contributed by atoms with van der Waals surface area (Å²) in [5, 5.41) is 3.92. The smallest absolute Gasteiger partial charge is 0.266 e. The van der Waals surface area contributed by atoms with Crippen LogP contribution in [0.5, 0.6) is 0 Å². The average molecular weight is 349 g/mol. The molecule has 0 aliphatic rings. The van der Waals surface area contributed by atoms with Crippen LogP contribution in [-0.4, -0.2) is 11.5 Å². The lowest BCUT2D eigenvalue weighted by Crippen LogP contribution is -2.07. The lowest BCUT2D eigenvalue weighted by Gasteiger charge is -2.14. The molecular formula is C20H19N3OS. The van der Waals surface area contributed by atoms with Crippen LogP contribution >= 0.6 is 11.3 Å². The third-order valence-electron chi connectivity index (χ3n) is 4.61. The number of H-pyrrole nitrogens is 1. The van der Waals surface area contributed by atoms with Gasteiger partial charge in [-0.3, -0.25) is 4.79 Å². The van der Waals surface area contributed by atoms with Gasteiger partial charge in [-0.25, -0.2) is 0 Å². The topological polar surface area (TPSA) is 84.9 Å². The van der Waals surface area contributed by atoms with Crippen LogP contribution in [0.2, 0.25) is 0 Å². The maximum absolute atomic E-state index is 12.4. The molecule has 4 rings (SSSR count). The number of pyridine rings is 1. The Morgan fingerprint density at radius 2 is 1.92 bits per heavy atom. The highest BCUT2D eigenvalue weighted by Gasteiger charge is 2.16. The molecule has 0 spiro atoms. The van der Waals surface area contributed by atoms with Crippen LogP contribution < -0.4 is 17.0 Å². The molecule has 2 heterocycles. The lowest BCUT2D eigenvalue weighted by molar-refractivity contribution is 0.969. The number of aromatic nitrogens is 1. The van der Waals surface area contributed by atoms with Crippen molar-refractivity contribution in [3.8, 4) is 11.1 Å². The van der Waals surface area contributed by atoms with Crippen LogP contribution in [0.15, 0.2) is 46.6 Å². The van der Waals surface area contributed by atoms with Gasteiger partial charge in [0, 0.05) is 22.0 Å².